The number of anilines is 1. The Morgan fingerprint density at radius 1 is 1.12 bits per heavy atom. The van der Waals surface area contributed by atoms with Crippen molar-refractivity contribution in [1.82, 2.24) is 9.97 Å². The predicted molar refractivity (Wildman–Crippen MR) is 133 cm³/mol. The highest BCUT2D eigenvalue weighted by Crippen LogP contribution is 2.47. The first kappa shape index (κ1) is 22.6. The van der Waals surface area contributed by atoms with Gasteiger partial charge in [-0.2, -0.15) is 0 Å². The molecule has 5 nitrogen and oxygen atoms in total. The topological polar surface area (TPSA) is 74.8 Å². The lowest BCUT2D eigenvalue weighted by Gasteiger charge is -2.38. The van der Waals surface area contributed by atoms with Gasteiger partial charge in [-0.25, -0.2) is 9.37 Å². The van der Waals surface area contributed by atoms with Crippen LogP contribution in [0.4, 0.5) is 10.2 Å². The highest BCUT2D eigenvalue weighted by molar-refractivity contribution is 7.98. The van der Waals surface area contributed by atoms with Gasteiger partial charge in [0.05, 0.1) is 5.56 Å². The molecule has 5 rings (SSSR count). The summed E-state index contributed by atoms with van der Waals surface area (Å²) in [7, 11) is 0. The number of halogens is 1. The second kappa shape index (κ2) is 8.55. The number of rotatable bonds is 4. The Labute approximate surface area is 201 Å². The summed E-state index contributed by atoms with van der Waals surface area (Å²) >= 11 is 1.45. The van der Waals surface area contributed by atoms with Crippen molar-refractivity contribution in [3.8, 4) is 0 Å². The maximum absolute atomic E-state index is 14.2. The van der Waals surface area contributed by atoms with Crippen LogP contribution < -0.4 is 10.9 Å². The highest BCUT2D eigenvalue weighted by Gasteiger charge is 2.42. The van der Waals surface area contributed by atoms with E-state index in [1.807, 2.05) is 6.92 Å². The van der Waals surface area contributed by atoms with Crippen molar-refractivity contribution in [3.63, 3.8) is 0 Å². The first-order chi connectivity index (χ1) is 16.2. The minimum Gasteiger partial charge on any atom is -0.343 e. The van der Waals surface area contributed by atoms with E-state index in [1.54, 1.807) is 12.1 Å². The number of nitrogens with one attached hydrogen (secondary N) is 2. The number of benzene rings is 2. The number of allylic oxidation sites excluding steroid dienone is 2. The van der Waals surface area contributed by atoms with Gasteiger partial charge in [0.25, 0.3) is 5.56 Å². The van der Waals surface area contributed by atoms with Gasteiger partial charge >= 0.3 is 0 Å². The van der Waals surface area contributed by atoms with Gasteiger partial charge in [-0.15, -0.1) is 0 Å². The molecule has 34 heavy (non-hydrogen) atoms. The Morgan fingerprint density at radius 2 is 1.88 bits per heavy atom. The summed E-state index contributed by atoms with van der Waals surface area (Å²) in [6, 6.07) is 14.4. The number of carbonyl (C=O) groups is 1. The van der Waals surface area contributed by atoms with Gasteiger partial charge in [0.1, 0.15) is 11.6 Å². The number of carbonyl (C=O) groups excluding carboxylic acids is 1. The molecule has 7 heteroatoms. The Hall–Kier alpha value is -3.19. The fourth-order valence-corrected chi connectivity index (χ4v) is 5.63. The van der Waals surface area contributed by atoms with Crippen LogP contribution in [0.3, 0.4) is 0 Å². The number of hydrogen-bond donors (Lipinski definition) is 2. The lowest BCUT2D eigenvalue weighted by Crippen LogP contribution is -2.37. The molecule has 1 atom stereocenters. The van der Waals surface area contributed by atoms with Crippen molar-refractivity contribution >= 4 is 23.4 Å². The van der Waals surface area contributed by atoms with Gasteiger partial charge in [-0.3, -0.25) is 9.59 Å². The number of aryl methyl sites for hydroxylation is 1. The Bertz CT molecular complexity index is 1380. The van der Waals surface area contributed by atoms with E-state index in [4.69, 9.17) is 4.98 Å². The van der Waals surface area contributed by atoms with Crippen LogP contribution in [0.15, 0.2) is 69.8 Å². The van der Waals surface area contributed by atoms with E-state index in [0.29, 0.717) is 46.3 Å². The van der Waals surface area contributed by atoms with Crippen molar-refractivity contribution in [1.29, 1.82) is 0 Å². The number of fused-ring (bicyclic) bond motifs is 1. The molecule has 2 heterocycles. The molecule has 0 saturated heterocycles. The van der Waals surface area contributed by atoms with Crippen molar-refractivity contribution in [2.24, 2.45) is 5.41 Å². The maximum atomic E-state index is 14.2. The van der Waals surface area contributed by atoms with Crippen LogP contribution in [0.5, 0.6) is 0 Å². The van der Waals surface area contributed by atoms with E-state index < -0.39 is 11.7 Å². The molecule has 0 radical (unpaired) electrons. The molecular weight excluding hydrogens is 449 g/mol. The van der Waals surface area contributed by atoms with Crippen LogP contribution in [0.25, 0.3) is 0 Å². The fourth-order valence-electron chi connectivity index (χ4n) is 4.82. The lowest BCUT2D eigenvalue weighted by molar-refractivity contribution is -0.118. The number of hydrogen-bond acceptors (Lipinski definition) is 5. The van der Waals surface area contributed by atoms with Gasteiger partial charge in [0.2, 0.25) is 0 Å². The molecule has 2 N–H and O–H groups in total. The van der Waals surface area contributed by atoms with Crippen LogP contribution in [0.1, 0.15) is 54.9 Å². The molecule has 0 spiro atoms. The molecule has 1 aromatic heterocycles. The molecule has 1 aliphatic carbocycles. The van der Waals surface area contributed by atoms with E-state index >= 15 is 0 Å². The van der Waals surface area contributed by atoms with Crippen molar-refractivity contribution in [2.45, 2.75) is 50.4 Å². The molecule has 174 valence electrons. The van der Waals surface area contributed by atoms with Gasteiger partial charge in [0, 0.05) is 29.4 Å². The normalized spacial score (nSPS) is 18.8. The molecule has 2 aliphatic rings. The van der Waals surface area contributed by atoms with Crippen molar-refractivity contribution < 1.29 is 9.18 Å². The number of Topliss-reactive ketones (excluding diaryl/α,β-unsaturated/α-hetero) is 1. The summed E-state index contributed by atoms with van der Waals surface area (Å²) in [4.78, 5) is 34.2. The quantitative estimate of drug-likeness (QED) is 0.373. The van der Waals surface area contributed by atoms with E-state index in [-0.39, 0.29) is 16.8 Å². The van der Waals surface area contributed by atoms with E-state index in [9.17, 15) is 14.0 Å². The second-order valence-electron chi connectivity index (χ2n) is 9.85. The van der Waals surface area contributed by atoms with E-state index in [1.165, 1.54) is 29.5 Å². The Morgan fingerprint density at radius 3 is 2.62 bits per heavy atom. The lowest BCUT2D eigenvalue weighted by atomic mass is 9.69. The monoisotopic (exact) mass is 475 g/mol. The zero-order valence-electron chi connectivity index (χ0n) is 19.4. The van der Waals surface area contributed by atoms with Crippen LogP contribution >= 0.6 is 11.8 Å². The Kier molecular flexibility index (Phi) is 5.68. The molecule has 1 unspecified atom stereocenters. The van der Waals surface area contributed by atoms with E-state index in [0.717, 1.165) is 11.3 Å². The van der Waals surface area contributed by atoms with Crippen LogP contribution in [-0.2, 0) is 10.5 Å². The van der Waals surface area contributed by atoms with Gasteiger partial charge < -0.3 is 10.3 Å². The third-order valence-corrected chi connectivity index (χ3v) is 7.32. The van der Waals surface area contributed by atoms with Crippen molar-refractivity contribution in [3.05, 3.63) is 98.2 Å². The molecule has 2 aromatic carbocycles. The summed E-state index contributed by atoms with van der Waals surface area (Å²) in [6.45, 7) is 6.15. The van der Waals surface area contributed by atoms with Gasteiger partial charge in [-0.1, -0.05) is 67.6 Å². The van der Waals surface area contributed by atoms with E-state index in [2.05, 4.69) is 48.4 Å². The van der Waals surface area contributed by atoms with Gasteiger partial charge in [-0.05, 0) is 42.0 Å². The average Bonchev–Trinajstić information content (AvgIpc) is 2.76. The first-order valence-electron chi connectivity index (χ1n) is 11.3. The zero-order chi connectivity index (χ0) is 24.0. The molecule has 0 fully saturated rings. The molecule has 1 aliphatic heterocycles. The number of nitrogens with zero attached hydrogens (tertiary/aromatic N) is 1. The summed E-state index contributed by atoms with van der Waals surface area (Å²) in [5, 5.41) is 3.81. The number of aromatic amines is 1. The van der Waals surface area contributed by atoms with Gasteiger partial charge in [0.15, 0.2) is 10.9 Å². The fraction of sp³-hybridized carbons (Fsp3) is 0.296. The summed E-state index contributed by atoms with van der Waals surface area (Å²) in [6.07, 6.45) is 1.03. The SMILES string of the molecule is Cc1ccc(CSc2nc3c(c(=O)[nH]2)C(c2cccc(F)c2)C2=C(CC(C)(C)CC2=O)N3)cc1. The summed E-state index contributed by atoms with van der Waals surface area (Å²) in [5.41, 5.74) is 4.05. The average molecular weight is 476 g/mol. The first-order valence-corrected chi connectivity index (χ1v) is 12.3. The summed E-state index contributed by atoms with van der Waals surface area (Å²) in [5.74, 6) is 0.0231. The number of H-pyrrole nitrogens is 1. The third-order valence-electron chi connectivity index (χ3n) is 6.38. The highest BCUT2D eigenvalue weighted by atomic mass is 32.2. The molecule has 0 amide bonds. The minimum absolute atomic E-state index is 0.0177. The third kappa shape index (κ3) is 4.32. The molecule has 0 saturated carbocycles. The second-order valence-corrected chi connectivity index (χ2v) is 10.8. The number of thioether (sulfide) groups is 1. The predicted octanol–water partition coefficient (Wildman–Crippen LogP) is 5.71. The zero-order valence-corrected chi connectivity index (χ0v) is 20.2. The van der Waals surface area contributed by atoms with Crippen LogP contribution in [0, 0.1) is 18.2 Å². The van der Waals surface area contributed by atoms with Crippen LogP contribution in [0.2, 0.25) is 0 Å². The van der Waals surface area contributed by atoms with Crippen molar-refractivity contribution in [2.75, 3.05) is 5.32 Å². The van der Waals surface area contributed by atoms with Crippen LogP contribution in [-0.4, -0.2) is 15.8 Å². The molecule has 3 aromatic rings. The summed E-state index contributed by atoms with van der Waals surface area (Å²) < 4.78 is 14.2. The maximum Gasteiger partial charge on any atom is 0.257 e. The number of ketones is 1. The molecular formula is C27H26FN3O2S. The Balaban J connectivity index is 1.58. The standard InChI is InChI=1S/C27H26FN3O2S/c1-15-7-9-16(10-8-15)14-34-26-30-24-23(25(33)31-26)21(17-5-4-6-18(28)11-17)22-19(29-24)12-27(2,3)13-20(22)32/h4-11,21H,12-14H2,1-3H3,(H2,29,30,31,33). The smallest absolute Gasteiger partial charge is 0.257 e. The largest absolute Gasteiger partial charge is 0.343 e. The number of aromatic nitrogens is 2. The molecule has 0 bridgehead atoms. The minimum atomic E-state index is -0.655.